The Balaban J connectivity index is 2.15. The van der Waals surface area contributed by atoms with Crippen molar-refractivity contribution in [2.24, 2.45) is 11.5 Å². The lowest BCUT2D eigenvalue weighted by molar-refractivity contribution is 0.0940. The molecular weight excluding hydrogens is 312 g/mol. The molecule has 0 fully saturated rings. The monoisotopic (exact) mass is 330 g/mol. The average molecular weight is 330 g/mol. The molecule has 7 N–H and O–H groups in total. The molecule has 1 aliphatic heterocycles. The Morgan fingerprint density at radius 1 is 1.50 bits per heavy atom. The summed E-state index contributed by atoms with van der Waals surface area (Å²) in [6.07, 6.45) is 4.36. The number of aromatic nitrogens is 3. The summed E-state index contributed by atoms with van der Waals surface area (Å²) in [5, 5.41) is 13.0. The molecule has 10 nitrogen and oxygen atoms in total. The predicted molar refractivity (Wildman–Crippen MR) is 89.0 cm³/mol. The van der Waals surface area contributed by atoms with Gasteiger partial charge in [-0.15, -0.1) is 0 Å². The summed E-state index contributed by atoms with van der Waals surface area (Å²) >= 11 is 0. The highest BCUT2D eigenvalue weighted by Gasteiger charge is 2.17. The molecule has 24 heavy (non-hydrogen) atoms. The molecule has 3 heterocycles. The molecule has 0 radical (unpaired) electrons. The molecular formula is C14H18N8O2. The minimum absolute atomic E-state index is 0.172. The van der Waals surface area contributed by atoms with Gasteiger partial charge in [0.1, 0.15) is 23.8 Å². The van der Waals surface area contributed by atoms with E-state index in [1.807, 2.05) is 0 Å². The van der Waals surface area contributed by atoms with Gasteiger partial charge in [0.25, 0.3) is 5.91 Å². The van der Waals surface area contributed by atoms with Crippen LogP contribution in [0.4, 0.5) is 11.6 Å². The number of hydrogen-bond acceptors (Lipinski definition) is 8. The highest BCUT2D eigenvalue weighted by atomic mass is 16.5. The molecule has 0 saturated heterocycles. The van der Waals surface area contributed by atoms with Gasteiger partial charge in [0, 0.05) is 25.4 Å². The SMILES string of the molecule is CNc1cc2nc3c(cnn13)C(=O)NCCO/C(N)=C/C(=C\N)N2. The van der Waals surface area contributed by atoms with Gasteiger partial charge in [-0.05, 0) is 0 Å². The first kappa shape index (κ1) is 15.5. The van der Waals surface area contributed by atoms with E-state index in [0.29, 0.717) is 35.1 Å². The van der Waals surface area contributed by atoms with Crippen molar-refractivity contribution in [2.45, 2.75) is 0 Å². The standard InChI is InChI=1S/C14H18N8O2/c1-17-12-5-11-20-8(6-15)4-10(16)24-3-2-18-14(23)9-7-19-22(12)13(9)21-11/h4-7,17H,2-3,15-16H2,1H3,(H,18,23)(H,20,21)/b8-6+,10-4+. The zero-order valence-electron chi connectivity index (χ0n) is 13.0. The molecule has 0 atom stereocenters. The van der Waals surface area contributed by atoms with Crippen molar-refractivity contribution < 1.29 is 9.53 Å². The van der Waals surface area contributed by atoms with Crippen LogP contribution in [0.15, 0.2) is 36.1 Å². The van der Waals surface area contributed by atoms with Crippen LogP contribution in [-0.4, -0.2) is 40.7 Å². The van der Waals surface area contributed by atoms with Gasteiger partial charge in [-0.2, -0.15) is 9.61 Å². The van der Waals surface area contributed by atoms with Gasteiger partial charge in [0.2, 0.25) is 0 Å². The second kappa shape index (κ2) is 6.36. The lowest BCUT2D eigenvalue weighted by atomic mass is 10.3. The van der Waals surface area contributed by atoms with Gasteiger partial charge in [-0.1, -0.05) is 0 Å². The molecule has 0 unspecified atom stereocenters. The van der Waals surface area contributed by atoms with Crippen molar-refractivity contribution in [1.29, 1.82) is 0 Å². The van der Waals surface area contributed by atoms with E-state index in [9.17, 15) is 4.79 Å². The fraction of sp³-hybridized carbons (Fsp3) is 0.214. The Morgan fingerprint density at radius 3 is 3.08 bits per heavy atom. The third-order valence-electron chi connectivity index (χ3n) is 3.38. The lowest BCUT2D eigenvalue weighted by Crippen LogP contribution is -2.27. The number of rotatable bonds is 1. The van der Waals surface area contributed by atoms with Gasteiger partial charge >= 0.3 is 0 Å². The van der Waals surface area contributed by atoms with Crippen LogP contribution in [0.25, 0.3) is 5.65 Å². The number of anilines is 2. The van der Waals surface area contributed by atoms with Gasteiger partial charge in [0.15, 0.2) is 11.5 Å². The number of amides is 1. The van der Waals surface area contributed by atoms with Gasteiger partial charge in [-0.25, -0.2) is 4.98 Å². The molecule has 10 heteroatoms. The van der Waals surface area contributed by atoms with Crippen LogP contribution >= 0.6 is 0 Å². The van der Waals surface area contributed by atoms with E-state index in [2.05, 4.69) is 26.0 Å². The second-order valence-corrected chi connectivity index (χ2v) is 4.97. The van der Waals surface area contributed by atoms with Crippen LogP contribution in [-0.2, 0) is 4.74 Å². The van der Waals surface area contributed by atoms with E-state index in [0.717, 1.165) is 0 Å². The molecule has 2 aromatic rings. The fourth-order valence-electron chi connectivity index (χ4n) is 2.26. The van der Waals surface area contributed by atoms with Crippen LogP contribution < -0.4 is 27.4 Å². The van der Waals surface area contributed by atoms with Crippen LogP contribution in [0.3, 0.4) is 0 Å². The Kier molecular flexibility index (Phi) is 4.10. The zero-order chi connectivity index (χ0) is 17.1. The molecule has 0 aromatic carbocycles. The highest BCUT2D eigenvalue weighted by molar-refractivity contribution is 6.00. The normalized spacial score (nSPS) is 19.3. The summed E-state index contributed by atoms with van der Waals surface area (Å²) in [4.78, 5) is 16.8. The number of allylic oxidation sites excluding steroid dienone is 1. The number of ether oxygens (including phenoxy) is 1. The van der Waals surface area contributed by atoms with Crippen molar-refractivity contribution in [1.82, 2.24) is 19.9 Å². The summed E-state index contributed by atoms with van der Waals surface area (Å²) in [5.41, 5.74) is 12.7. The number of nitrogens with two attached hydrogens (primary N) is 2. The van der Waals surface area contributed by atoms with Crippen molar-refractivity contribution in [3.8, 4) is 0 Å². The maximum absolute atomic E-state index is 12.3. The number of fused-ring (bicyclic) bond motifs is 1. The zero-order valence-corrected chi connectivity index (χ0v) is 13.0. The first-order valence-electron chi connectivity index (χ1n) is 7.26. The summed E-state index contributed by atoms with van der Waals surface area (Å²) in [6, 6.07) is 1.73. The highest BCUT2D eigenvalue weighted by Crippen LogP contribution is 2.20. The minimum atomic E-state index is -0.295. The maximum atomic E-state index is 12.3. The van der Waals surface area contributed by atoms with E-state index >= 15 is 0 Å². The molecule has 0 spiro atoms. The number of hydrogen-bond donors (Lipinski definition) is 5. The smallest absolute Gasteiger partial charge is 0.256 e. The molecule has 126 valence electrons. The second-order valence-electron chi connectivity index (χ2n) is 4.97. The van der Waals surface area contributed by atoms with Crippen LogP contribution in [0.2, 0.25) is 0 Å². The summed E-state index contributed by atoms with van der Waals surface area (Å²) in [5.74, 6) is 1.00. The van der Waals surface area contributed by atoms with Crippen molar-refractivity contribution >= 4 is 23.2 Å². The maximum Gasteiger partial charge on any atom is 0.256 e. The third-order valence-corrected chi connectivity index (χ3v) is 3.38. The van der Waals surface area contributed by atoms with Crippen LogP contribution in [0.1, 0.15) is 10.4 Å². The number of nitrogens with zero attached hydrogens (tertiary/aromatic N) is 3. The van der Waals surface area contributed by atoms with E-state index in [4.69, 9.17) is 16.2 Å². The molecule has 1 aliphatic rings. The van der Waals surface area contributed by atoms with Crippen LogP contribution in [0, 0.1) is 0 Å². The quantitative estimate of drug-likeness (QED) is 0.472. The Bertz CT molecular complexity index is 839. The number of nitrogens with one attached hydrogen (secondary N) is 3. The number of carbonyl (C=O) groups excluding carboxylic acids is 1. The summed E-state index contributed by atoms with van der Waals surface area (Å²) in [7, 11) is 1.75. The number of carbonyl (C=O) groups is 1. The van der Waals surface area contributed by atoms with E-state index in [1.165, 1.54) is 12.4 Å². The topological polar surface area (TPSA) is 145 Å². The first-order chi connectivity index (χ1) is 11.6. The molecule has 3 rings (SSSR count). The molecule has 1 amide bonds. The molecule has 0 aliphatic carbocycles. The van der Waals surface area contributed by atoms with E-state index in [-0.39, 0.29) is 18.4 Å². The average Bonchev–Trinajstić information content (AvgIpc) is 3.00. The predicted octanol–water partition coefficient (Wildman–Crippen LogP) is -0.457. The van der Waals surface area contributed by atoms with Gasteiger partial charge in [-0.3, -0.25) is 4.79 Å². The van der Waals surface area contributed by atoms with Crippen molar-refractivity contribution in [3.05, 3.63) is 41.7 Å². The Morgan fingerprint density at radius 2 is 2.33 bits per heavy atom. The third kappa shape index (κ3) is 2.89. The fourth-order valence-corrected chi connectivity index (χ4v) is 2.26. The van der Waals surface area contributed by atoms with Crippen molar-refractivity contribution in [3.63, 3.8) is 0 Å². The molecule has 2 aromatic heterocycles. The Hall–Kier alpha value is -3.43. The summed E-state index contributed by atoms with van der Waals surface area (Å²) in [6.45, 7) is 0.515. The van der Waals surface area contributed by atoms with Crippen molar-refractivity contribution in [2.75, 3.05) is 30.8 Å². The Labute approximate surface area is 137 Å². The summed E-state index contributed by atoms with van der Waals surface area (Å²) < 4.78 is 6.88. The first-order valence-corrected chi connectivity index (χ1v) is 7.26. The van der Waals surface area contributed by atoms with Crippen LogP contribution in [0.5, 0.6) is 0 Å². The molecule has 0 saturated carbocycles. The minimum Gasteiger partial charge on any atom is -0.477 e. The van der Waals surface area contributed by atoms with E-state index < -0.39 is 0 Å². The lowest BCUT2D eigenvalue weighted by Gasteiger charge is -2.11. The molecule has 2 bridgehead atoms. The largest absolute Gasteiger partial charge is 0.477 e. The van der Waals surface area contributed by atoms with E-state index in [1.54, 1.807) is 23.7 Å². The van der Waals surface area contributed by atoms with Gasteiger partial charge < -0.3 is 32.2 Å². The van der Waals surface area contributed by atoms with Gasteiger partial charge in [0.05, 0.1) is 18.4 Å².